The highest BCUT2D eigenvalue weighted by Crippen LogP contribution is 2.25. The summed E-state index contributed by atoms with van der Waals surface area (Å²) in [6, 6.07) is 20.5. The topological polar surface area (TPSA) is 41.9 Å². The molecule has 150 valence electrons. The number of fused-ring (bicyclic) bond motifs is 1. The van der Waals surface area contributed by atoms with Gasteiger partial charge in [-0.05, 0) is 47.5 Å². The summed E-state index contributed by atoms with van der Waals surface area (Å²) < 4.78 is 15.1. The van der Waals surface area contributed by atoms with Gasteiger partial charge in [0.2, 0.25) is 0 Å². The van der Waals surface area contributed by atoms with Crippen LogP contribution in [0.4, 0.5) is 4.39 Å². The fourth-order valence-electron chi connectivity index (χ4n) is 3.42. The van der Waals surface area contributed by atoms with E-state index in [4.69, 9.17) is 0 Å². The molecular weight excluding hydrogens is 375 g/mol. The van der Waals surface area contributed by atoms with Crippen LogP contribution in [0.15, 0.2) is 86.1 Å². The fourth-order valence-corrected chi connectivity index (χ4v) is 3.42. The molecule has 1 aromatic heterocycles. The standard InChI is InChI=1S/C25H23FN4/c1-17(27-3)20-7-4-6-19(14-20)15-28-18(2)23-8-5-9-25-24(23)16-29-30(25)22-12-10-21(26)11-13-22/h4-14,16,27-28H,1-2,15H2,3H3. The van der Waals surface area contributed by atoms with Crippen molar-refractivity contribution in [2.75, 3.05) is 7.05 Å². The van der Waals surface area contributed by atoms with Crippen molar-refractivity contribution in [2.24, 2.45) is 0 Å². The number of hydrogen-bond donors (Lipinski definition) is 2. The van der Waals surface area contributed by atoms with Crippen LogP contribution in [0.25, 0.3) is 28.0 Å². The minimum Gasteiger partial charge on any atom is -0.388 e. The normalized spacial score (nSPS) is 10.7. The number of halogens is 1. The van der Waals surface area contributed by atoms with Crippen molar-refractivity contribution in [2.45, 2.75) is 6.54 Å². The SMILES string of the molecule is C=C(NC)c1cccc(CNC(=C)c2cccc3c2cnn3-c2ccc(F)cc2)c1. The zero-order valence-electron chi connectivity index (χ0n) is 16.8. The third kappa shape index (κ3) is 3.82. The van der Waals surface area contributed by atoms with E-state index in [9.17, 15) is 4.39 Å². The lowest BCUT2D eigenvalue weighted by Gasteiger charge is -2.13. The van der Waals surface area contributed by atoms with Crippen LogP contribution in [-0.4, -0.2) is 16.8 Å². The van der Waals surface area contributed by atoms with Crippen LogP contribution < -0.4 is 10.6 Å². The van der Waals surface area contributed by atoms with Crippen molar-refractivity contribution in [1.29, 1.82) is 0 Å². The van der Waals surface area contributed by atoms with E-state index < -0.39 is 0 Å². The van der Waals surface area contributed by atoms with Crippen molar-refractivity contribution in [3.8, 4) is 5.69 Å². The molecule has 0 spiro atoms. The van der Waals surface area contributed by atoms with Gasteiger partial charge in [-0.15, -0.1) is 0 Å². The molecule has 0 aliphatic heterocycles. The van der Waals surface area contributed by atoms with Crippen LogP contribution in [0.1, 0.15) is 16.7 Å². The van der Waals surface area contributed by atoms with Crippen molar-refractivity contribution >= 4 is 22.3 Å². The van der Waals surface area contributed by atoms with Gasteiger partial charge in [0.25, 0.3) is 0 Å². The molecule has 0 unspecified atom stereocenters. The Morgan fingerprint density at radius 2 is 1.77 bits per heavy atom. The van der Waals surface area contributed by atoms with Crippen LogP contribution in [0, 0.1) is 5.82 Å². The number of nitrogens with zero attached hydrogens (tertiary/aromatic N) is 2. The summed E-state index contributed by atoms with van der Waals surface area (Å²) >= 11 is 0. The Bertz CT molecular complexity index is 1220. The molecular formula is C25H23FN4. The molecule has 0 aliphatic carbocycles. The van der Waals surface area contributed by atoms with E-state index in [0.29, 0.717) is 6.54 Å². The minimum atomic E-state index is -0.268. The Kier molecular flexibility index (Phi) is 5.35. The largest absolute Gasteiger partial charge is 0.388 e. The summed E-state index contributed by atoms with van der Waals surface area (Å²) in [4.78, 5) is 0. The highest BCUT2D eigenvalue weighted by molar-refractivity contribution is 5.91. The maximum atomic E-state index is 13.3. The van der Waals surface area contributed by atoms with Gasteiger partial charge in [0.15, 0.2) is 0 Å². The van der Waals surface area contributed by atoms with Gasteiger partial charge in [-0.3, -0.25) is 0 Å². The molecule has 4 rings (SSSR count). The second-order valence-corrected chi connectivity index (χ2v) is 7.03. The van der Waals surface area contributed by atoms with Crippen molar-refractivity contribution in [3.63, 3.8) is 0 Å². The van der Waals surface area contributed by atoms with E-state index in [1.165, 1.54) is 12.1 Å². The monoisotopic (exact) mass is 398 g/mol. The Hall–Kier alpha value is -3.86. The average molecular weight is 398 g/mol. The number of aromatic nitrogens is 2. The quantitative estimate of drug-likeness (QED) is 0.454. The van der Waals surface area contributed by atoms with E-state index in [2.05, 4.69) is 41.0 Å². The first kappa shape index (κ1) is 19.5. The molecule has 0 fully saturated rings. The second-order valence-electron chi connectivity index (χ2n) is 7.03. The van der Waals surface area contributed by atoms with Crippen LogP contribution in [0.2, 0.25) is 0 Å². The summed E-state index contributed by atoms with van der Waals surface area (Å²) in [6.45, 7) is 8.89. The smallest absolute Gasteiger partial charge is 0.123 e. The van der Waals surface area contributed by atoms with Crippen LogP contribution in [0.3, 0.4) is 0 Å². The zero-order chi connectivity index (χ0) is 21.1. The number of benzene rings is 3. The third-order valence-corrected chi connectivity index (χ3v) is 5.09. The van der Waals surface area contributed by atoms with Gasteiger partial charge in [-0.25, -0.2) is 9.07 Å². The first-order valence-corrected chi connectivity index (χ1v) is 9.68. The van der Waals surface area contributed by atoms with Gasteiger partial charge in [-0.1, -0.05) is 43.5 Å². The summed E-state index contributed by atoms with van der Waals surface area (Å²) in [5.74, 6) is -0.268. The first-order chi connectivity index (χ1) is 14.6. The molecule has 1 heterocycles. The van der Waals surface area contributed by atoms with Crippen LogP contribution in [0.5, 0.6) is 0 Å². The Labute approximate surface area is 175 Å². The van der Waals surface area contributed by atoms with Crippen molar-refractivity contribution in [1.82, 2.24) is 20.4 Å². The van der Waals surface area contributed by atoms with Crippen LogP contribution >= 0.6 is 0 Å². The van der Waals surface area contributed by atoms with Gasteiger partial charge < -0.3 is 10.6 Å². The number of hydrogen-bond acceptors (Lipinski definition) is 3. The Morgan fingerprint density at radius 1 is 1.00 bits per heavy atom. The van der Waals surface area contributed by atoms with Gasteiger partial charge >= 0.3 is 0 Å². The fraction of sp³-hybridized carbons (Fsp3) is 0.0800. The number of rotatable bonds is 7. The molecule has 0 aliphatic rings. The summed E-state index contributed by atoms with van der Waals surface area (Å²) in [5.41, 5.74) is 6.63. The van der Waals surface area contributed by atoms with Gasteiger partial charge in [0.05, 0.1) is 17.4 Å². The first-order valence-electron chi connectivity index (χ1n) is 9.68. The summed E-state index contributed by atoms with van der Waals surface area (Å²) in [6.07, 6.45) is 1.82. The molecule has 3 aromatic carbocycles. The predicted octanol–water partition coefficient (Wildman–Crippen LogP) is 5.12. The maximum absolute atomic E-state index is 13.3. The molecule has 0 bridgehead atoms. The molecule has 2 N–H and O–H groups in total. The lowest BCUT2D eigenvalue weighted by atomic mass is 10.1. The average Bonchev–Trinajstić information content (AvgIpc) is 3.22. The zero-order valence-corrected chi connectivity index (χ0v) is 16.8. The van der Waals surface area contributed by atoms with E-state index in [0.717, 1.165) is 44.7 Å². The van der Waals surface area contributed by atoms with E-state index >= 15 is 0 Å². The van der Waals surface area contributed by atoms with Crippen molar-refractivity contribution in [3.05, 3.63) is 109 Å². The molecule has 0 amide bonds. The third-order valence-electron chi connectivity index (χ3n) is 5.09. The lowest BCUT2D eigenvalue weighted by Crippen LogP contribution is -2.11. The van der Waals surface area contributed by atoms with E-state index in [1.54, 1.807) is 16.8 Å². The Morgan fingerprint density at radius 3 is 2.53 bits per heavy atom. The molecule has 0 radical (unpaired) electrons. The lowest BCUT2D eigenvalue weighted by molar-refractivity contribution is 0.627. The highest BCUT2D eigenvalue weighted by Gasteiger charge is 2.11. The van der Waals surface area contributed by atoms with E-state index in [1.807, 2.05) is 43.6 Å². The predicted molar refractivity (Wildman–Crippen MR) is 121 cm³/mol. The van der Waals surface area contributed by atoms with Gasteiger partial charge in [0, 0.05) is 35.9 Å². The minimum absolute atomic E-state index is 0.268. The molecule has 4 aromatic rings. The van der Waals surface area contributed by atoms with Crippen LogP contribution in [-0.2, 0) is 6.54 Å². The number of nitrogens with one attached hydrogen (secondary N) is 2. The summed E-state index contributed by atoms with van der Waals surface area (Å²) in [5, 5.41) is 12.0. The van der Waals surface area contributed by atoms with Gasteiger partial charge in [0.1, 0.15) is 5.82 Å². The molecule has 4 nitrogen and oxygen atoms in total. The van der Waals surface area contributed by atoms with Gasteiger partial charge in [-0.2, -0.15) is 5.10 Å². The molecule has 0 atom stereocenters. The molecule has 0 saturated heterocycles. The summed E-state index contributed by atoms with van der Waals surface area (Å²) in [7, 11) is 1.86. The second kappa shape index (κ2) is 8.25. The molecule has 0 saturated carbocycles. The highest BCUT2D eigenvalue weighted by atomic mass is 19.1. The molecule has 5 heteroatoms. The van der Waals surface area contributed by atoms with Crippen molar-refractivity contribution < 1.29 is 4.39 Å². The molecule has 30 heavy (non-hydrogen) atoms. The van der Waals surface area contributed by atoms with E-state index in [-0.39, 0.29) is 5.82 Å². The maximum Gasteiger partial charge on any atom is 0.123 e. The Balaban J connectivity index is 1.57.